The molecule has 112 valence electrons. The van der Waals surface area contributed by atoms with E-state index in [1.165, 1.54) is 18.1 Å². The van der Waals surface area contributed by atoms with Crippen LogP contribution >= 0.6 is 11.3 Å². The number of methoxy groups -OCH3 is 1. The van der Waals surface area contributed by atoms with Gasteiger partial charge < -0.3 is 9.64 Å². The van der Waals surface area contributed by atoms with Gasteiger partial charge in [0.25, 0.3) is 5.56 Å². The van der Waals surface area contributed by atoms with Gasteiger partial charge in [0.05, 0.1) is 12.5 Å². The molecule has 0 radical (unpaired) electrons. The van der Waals surface area contributed by atoms with Crippen molar-refractivity contribution in [2.45, 2.75) is 13.8 Å². The van der Waals surface area contributed by atoms with Crippen LogP contribution in [0.1, 0.15) is 21.1 Å². The number of ether oxygens (including phenoxy) is 1. The van der Waals surface area contributed by atoms with Crippen LogP contribution in [0.5, 0.6) is 0 Å². The summed E-state index contributed by atoms with van der Waals surface area (Å²) in [5.74, 6) is -0.000776. The van der Waals surface area contributed by atoms with Gasteiger partial charge in [0.1, 0.15) is 21.9 Å². The first-order valence-corrected chi connectivity index (χ1v) is 7.00. The van der Waals surface area contributed by atoms with Gasteiger partial charge >= 0.3 is 5.97 Å². The van der Waals surface area contributed by atoms with Gasteiger partial charge in [-0.25, -0.2) is 9.78 Å². The summed E-state index contributed by atoms with van der Waals surface area (Å²) in [5.41, 5.74) is 0.285. The lowest BCUT2D eigenvalue weighted by molar-refractivity contribution is 0.0605. The van der Waals surface area contributed by atoms with Crippen LogP contribution in [0.2, 0.25) is 0 Å². The van der Waals surface area contributed by atoms with Crippen molar-refractivity contribution in [3.63, 3.8) is 0 Å². The molecule has 0 fully saturated rings. The van der Waals surface area contributed by atoms with Crippen molar-refractivity contribution in [3.8, 4) is 0 Å². The number of esters is 1. The van der Waals surface area contributed by atoms with Crippen molar-refractivity contribution < 1.29 is 9.53 Å². The number of aromatic nitrogens is 2. The highest BCUT2D eigenvalue weighted by Crippen LogP contribution is 2.27. The van der Waals surface area contributed by atoms with E-state index >= 15 is 0 Å². The molecule has 7 nitrogen and oxygen atoms in total. The zero-order valence-corrected chi connectivity index (χ0v) is 13.3. The maximum Gasteiger partial charge on any atom is 0.348 e. The van der Waals surface area contributed by atoms with Crippen molar-refractivity contribution in [2.24, 2.45) is 5.10 Å². The number of thiophene rings is 1. The summed E-state index contributed by atoms with van der Waals surface area (Å²) in [7, 11) is 4.92. The van der Waals surface area contributed by atoms with E-state index in [1.54, 1.807) is 32.8 Å². The summed E-state index contributed by atoms with van der Waals surface area (Å²) in [5, 5.41) is 4.51. The highest BCUT2D eigenvalue weighted by Gasteiger charge is 2.20. The number of fused-ring (bicyclic) bond motifs is 1. The van der Waals surface area contributed by atoms with E-state index in [2.05, 4.69) is 10.1 Å². The molecule has 0 saturated heterocycles. The number of rotatable bonds is 3. The van der Waals surface area contributed by atoms with E-state index in [0.29, 0.717) is 26.5 Å². The number of carbonyl (C=O) groups is 1. The predicted octanol–water partition coefficient (Wildman–Crippen LogP) is 1.21. The molecule has 2 aromatic rings. The fourth-order valence-corrected chi connectivity index (χ4v) is 2.99. The molecule has 0 bridgehead atoms. The monoisotopic (exact) mass is 308 g/mol. The lowest BCUT2D eigenvalue weighted by Crippen LogP contribution is -2.22. The van der Waals surface area contributed by atoms with Gasteiger partial charge in [-0.2, -0.15) is 9.78 Å². The lowest BCUT2D eigenvalue weighted by Gasteiger charge is -2.06. The maximum atomic E-state index is 12.6. The molecule has 2 rings (SSSR count). The van der Waals surface area contributed by atoms with Crippen molar-refractivity contribution in [1.29, 1.82) is 0 Å². The van der Waals surface area contributed by atoms with Crippen molar-refractivity contribution in [3.05, 3.63) is 26.6 Å². The third-order valence-electron chi connectivity index (χ3n) is 2.87. The largest absolute Gasteiger partial charge is 0.465 e. The van der Waals surface area contributed by atoms with E-state index in [9.17, 15) is 9.59 Å². The standard InChI is InChI=1S/C13H16N4O3S/c1-7-9-11(21-10(7)13(19)20-5)15-8(2)17(12(9)18)14-6-16(3)4/h6H,1-5H3/b14-6-. The van der Waals surface area contributed by atoms with Crippen LogP contribution in [-0.4, -0.2) is 48.1 Å². The Balaban J connectivity index is 2.74. The smallest absolute Gasteiger partial charge is 0.348 e. The molecule has 0 aliphatic carbocycles. The summed E-state index contributed by atoms with van der Waals surface area (Å²) in [6.45, 7) is 3.41. The van der Waals surface area contributed by atoms with Gasteiger partial charge in [-0.3, -0.25) is 4.79 Å². The first-order chi connectivity index (χ1) is 9.86. The Morgan fingerprint density at radius 1 is 1.43 bits per heavy atom. The number of aryl methyl sites for hydroxylation is 2. The first-order valence-electron chi connectivity index (χ1n) is 6.18. The average Bonchev–Trinajstić information content (AvgIpc) is 2.74. The molecular formula is C13H16N4O3S. The zero-order valence-electron chi connectivity index (χ0n) is 12.5. The normalized spacial score (nSPS) is 11.3. The van der Waals surface area contributed by atoms with Gasteiger partial charge in [0.15, 0.2) is 0 Å². The van der Waals surface area contributed by atoms with Gasteiger partial charge in [0, 0.05) is 14.1 Å². The Bertz CT molecular complexity index is 789. The fraction of sp³-hybridized carbons (Fsp3) is 0.385. The molecule has 0 N–H and O–H groups in total. The third-order valence-corrected chi connectivity index (χ3v) is 4.04. The van der Waals surface area contributed by atoms with Gasteiger partial charge in [-0.05, 0) is 19.4 Å². The van der Waals surface area contributed by atoms with Crippen LogP contribution in [-0.2, 0) is 4.74 Å². The fourth-order valence-electron chi connectivity index (χ4n) is 1.85. The van der Waals surface area contributed by atoms with E-state index in [1.807, 2.05) is 0 Å². The first kappa shape index (κ1) is 15.2. The Kier molecular flexibility index (Phi) is 4.08. The van der Waals surface area contributed by atoms with Crippen molar-refractivity contribution in [2.75, 3.05) is 21.2 Å². The molecule has 8 heteroatoms. The molecule has 2 aromatic heterocycles. The van der Waals surface area contributed by atoms with E-state index in [0.717, 1.165) is 11.3 Å². The van der Waals surface area contributed by atoms with Crippen molar-refractivity contribution >= 4 is 33.9 Å². The molecule has 0 spiro atoms. The summed E-state index contributed by atoms with van der Waals surface area (Å²) in [6, 6.07) is 0. The van der Waals surface area contributed by atoms with E-state index in [-0.39, 0.29) is 5.56 Å². The average molecular weight is 308 g/mol. The summed E-state index contributed by atoms with van der Waals surface area (Å²) >= 11 is 1.16. The van der Waals surface area contributed by atoms with Crippen LogP contribution in [0.25, 0.3) is 10.2 Å². The minimum Gasteiger partial charge on any atom is -0.465 e. The molecule has 0 saturated carbocycles. The minimum atomic E-state index is -0.462. The van der Waals surface area contributed by atoms with Crippen LogP contribution in [0.15, 0.2) is 9.90 Å². The Labute approximate surface area is 125 Å². The molecule has 0 amide bonds. The Morgan fingerprint density at radius 3 is 2.67 bits per heavy atom. The second kappa shape index (κ2) is 5.65. The molecule has 0 aliphatic rings. The zero-order chi connectivity index (χ0) is 15.7. The molecule has 0 unspecified atom stereocenters. The highest BCUT2D eigenvalue weighted by atomic mass is 32.1. The summed E-state index contributed by atoms with van der Waals surface area (Å²) < 4.78 is 5.95. The predicted molar refractivity (Wildman–Crippen MR) is 82.3 cm³/mol. The second-order valence-corrected chi connectivity index (χ2v) is 5.70. The second-order valence-electron chi connectivity index (χ2n) is 4.70. The third kappa shape index (κ3) is 2.66. The lowest BCUT2D eigenvalue weighted by atomic mass is 10.2. The van der Waals surface area contributed by atoms with E-state index < -0.39 is 5.97 Å². The number of hydrogen-bond donors (Lipinski definition) is 0. The summed E-state index contributed by atoms with van der Waals surface area (Å²) in [6.07, 6.45) is 1.52. The molecule has 0 aliphatic heterocycles. The number of nitrogens with zero attached hydrogens (tertiary/aromatic N) is 4. The van der Waals surface area contributed by atoms with Crippen LogP contribution in [0, 0.1) is 13.8 Å². The molecule has 21 heavy (non-hydrogen) atoms. The van der Waals surface area contributed by atoms with Gasteiger partial charge in [-0.15, -0.1) is 11.3 Å². The molecule has 2 heterocycles. The molecule has 0 atom stereocenters. The minimum absolute atomic E-state index is 0.292. The van der Waals surface area contributed by atoms with Crippen molar-refractivity contribution in [1.82, 2.24) is 14.6 Å². The van der Waals surface area contributed by atoms with Gasteiger partial charge in [-0.1, -0.05) is 0 Å². The molecule has 0 aromatic carbocycles. The quantitative estimate of drug-likeness (QED) is 0.484. The maximum absolute atomic E-state index is 12.6. The highest BCUT2D eigenvalue weighted by molar-refractivity contribution is 7.20. The van der Waals surface area contributed by atoms with Crippen LogP contribution in [0.3, 0.4) is 0 Å². The Morgan fingerprint density at radius 2 is 2.10 bits per heavy atom. The summed E-state index contributed by atoms with van der Waals surface area (Å²) in [4.78, 5) is 31.3. The van der Waals surface area contributed by atoms with E-state index in [4.69, 9.17) is 4.74 Å². The van der Waals surface area contributed by atoms with Gasteiger partial charge in [0.2, 0.25) is 0 Å². The SMILES string of the molecule is COC(=O)c1sc2nc(C)n(/N=C\N(C)C)c(=O)c2c1C. The number of hydrogen-bond acceptors (Lipinski definition) is 6. The van der Waals surface area contributed by atoms with Crippen LogP contribution in [0.4, 0.5) is 0 Å². The molecular weight excluding hydrogens is 292 g/mol. The topological polar surface area (TPSA) is 76.8 Å². The Hall–Kier alpha value is -2.22. The number of carbonyl (C=O) groups excluding carboxylic acids is 1. The van der Waals surface area contributed by atoms with Crippen LogP contribution < -0.4 is 5.56 Å².